The van der Waals surface area contributed by atoms with E-state index >= 15 is 0 Å². The van der Waals surface area contributed by atoms with Gasteiger partial charge in [-0.15, -0.1) is 0 Å². The van der Waals surface area contributed by atoms with E-state index in [4.69, 9.17) is 9.59 Å². The monoisotopic (exact) mass is 134 g/mol. The zero-order chi connectivity index (χ0) is 6.62. The lowest BCUT2D eigenvalue weighted by atomic mass is 10.6. The van der Waals surface area contributed by atoms with Crippen molar-refractivity contribution in [2.75, 3.05) is 0 Å². The van der Waals surface area contributed by atoms with Gasteiger partial charge in [-0.3, -0.25) is 0 Å². The lowest BCUT2D eigenvalue weighted by Gasteiger charge is -2.12. The molecule has 0 unspecified atom stereocenters. The molecule has 50 valence electrons. The molecule has 0 aromatic carbocycles. The molecular weight excluding hydrogens is 120 g/mol. The zero-order valence-electron chi connectivity index (χ0n) is 5.52. The van der Waals surface area contributed by atoms with Gasteiger partial charge in [0.25, 0.3) is 0 Å². The van der Waals surface area contributed by atoms with E-state index in [2.05, 4.69) is 0 Å². The number of hydrogen-bond donors (Lipinski definition) is 2. The Bertz CT molecular complexity index is 63.4. The predicted molar refractivity (Wildman–Crippen MR) is 35.8 cm³/mol. The van der Waals surface area contributed by atoms with Crippen molar-refractivity contribution < 1.29 is 9.59 Å². The van der Waals surface area contributed by atoms with Gasteiger partial charge >= 0.3 is 8.56 Å². The van der Waals surface area contributed by atoms with Crippen LogP contribution in [0.2, 0.25) is 12.1 Å². The topological polar surface area (TPSA) is 40.5 Å². The molecule has 0 heterocycles. The van der Waals surface area contributed by atoms with Gasteiger partial charge in [0.15, 0.2) is 0 Å². The van der Waals surface area contributed by atoms with Crippen LogP contribution in [0.3, 0.4) is 0 Å². The van der Waals surface area contributed by atoms with Gasteiger partial charge in [0.05, 0.1) is 0 Å². The average Bonchev–Trinajstić information content (AvgIpc) is 1.67. The highest BCUT2D eigenvalue weighted by Crippen LogP contribution is 2.08. The van der Waals surface area contributed by atoms with Crippen LogP contribution in [0.1, 0.15) is 20.3 Å². The first kappa shape index (κ1) is 8.14. The molecule has 0 atom stereocenters. The maximum atomic E-state index is 9.02. The van der Waals surface area contributed by atoms with Crippen molar-refractivity contribution >= 4 is 8.56 Å². The molecule has 0 aliphatic heterocycles. The Balaban J connectivity index is 3.37. The molecule has 0 amide bonds. The second kappa shape index (κ2) is 3.22. The molecule has 0 aromatic rings. The molecule has 0 saturated heterocycles. The maximum Gasteiger partial charge on any atom is 0.332 e. The summed E-state index contributed by atoms with van der Waals surface area (Å²) < 4.78 is 0. The standard InChI is InChI=1S/C5H14O2Si/c1-3-5-8(6,7)4-2/h6-7H,3-5H2,1-2H3. The van der Waals surface area contributed by atoms with Gasteiger partial charge < -0.3 is 9.59 Å². The third-order valence-electron chi connectivity index (χ3n) is 1.22. The molecule has 2 N–H and O–H groups in total. The first-order valence-electron chi connectivity index (χ1n) is 3.07. The Hall–Kier alpha value is 0.137. The Morgan fingerprint density at radius 1 is 1.25 bits per heavy atom. The summed E-state index contributed by atoms with van der Waals surface area (Å²) in [5.41, 5.74) is 0. The van der Waals surface area contributed by atoms with Crippen LogP contribution in [0.25, 0.3) is 0 Å². The highest BCUT2D eigenvalue weighted by atomic mass is 28.4. The van der Waals surface area contributed by atoms with E-state index < -0.39 is 8.56 Å². The normalized spacial score (nSPS) is 12.0. The molecule has 0 aromatic heterocycles. The quantitative estimate of drug-likeness (QED) is 0.562. The second-order valence-electron chi connectivity index (χ2n) is 2.09. The fourth-order valence-electron chi connectivity index (χ4n) is 0.577. The largest absolute Gasteiger partial charge is 0.411 e. The number of hydrogen-bond acceptors (Lipinski definition) is 2. The molecular formula is C5H14O2Si. The van der Waals surface area contributed by atoms with Crippen molar-refractivity contribution in [2.45, 2.75) is 32.4 Å². The first-order valence-corrected chi connectivity index (χ1v) is 5.38. The van der Waals surface area contributed by atoms with Crippen molar-refractivity contribution in [3.05, 3.63) is 0 Å². The smallest absolute Gasteiger partial charge is 0.332 e. The van der Waals surface area contributed by atoms with Gasteiger partial charge in [-0.2, -0.15) is 0 Å². The fraction of sp³-hybridized carbons (Fsp3) is 1.00. The summed E-state index contributed by atoms with van der Waals surface area (Å²) in [7, 11) is -2.68. The van der Waals surface area contributed by atoms with Gasteiger partial charge in [-0.25, -0.2) is 0 Å². The minimum absolute atomic E-state index is 0.556. The lowest BCUT2D eigenvalue weighted by molar-refractivity contribution is 0.359. The third-order valence-corrected chi connectivity index (χ3v) is 3.65. The van der Waals surface area contributed by atoms with Crippen LogP contribution in [0.5, 0.6) is 0 Å². The van der Waals surface area contributed by atoms with E-state index in [-0.39, 0.29) is 0 Å². The van der Waals surface area contributed by atoms with Gasteiger partial charge in [-0.1, -0.05) is 20.3 Å². The first-order chi connectivity index (χ1) is 3.62. The Morgan fingerprint density at radius 2 is 1.75 bits per heavy atom. The molecule has 3 heteroatoms. The minimum atomic E-state index is -2.68. The summed E-state index contributed by atoms with van der Waals surface area (Å²) in [6.45, 7) is 3.78. The van der Waals surface area contributed by atoms with Gasteiger partial charge in [0, 0.05) is 0 Å². The molecule has 2 nitrogen and oxygen atoms in total. The Labute approximate surface area is 51.4 Å². The van der Waals surface area contributed by atoms with Crippen LogP contribution >= 0.6 is 0 Å². The molecule has 0 spiro atoms. The summed E-state index contributed by atoms with van der Waals surface area (Å²) in [6.07, 6.45) is 0.882. The summed E-state index contributed by atoms with van der Waals surface area (Å²) in [4.78, 5) is 18.0. The van der Waals surface area contributed by atoms with E-state index in [1.54, 1.807) is 0 Å². The molecule has 0 radical (unpaired) electrons. The van der Waals surface area contributed by atoms with E-state index in [1.165, 1.54) is 0 Å². The lowest BCUT2D eigenvalue weighted by Crippen LogP contribution is -2.32. The highest BCUT2D eigenvalue weighted by molar-refractivity contribution is 6.64. The van der Waals surface area contributed by atoms with E-state index in [0.717, 1.165) is 6.42 Å². The van der Waals surface area contributed by atoms with E-state index in [1.807, 2.05) is 13.8 Å². The van der Waals surface area contributed by atoms with Crippen LogP contribution in [0.15, 0.2) is 0 Å². The summed E-state index contributed by atoms with van der Waals surface area (Å²) in [5, 5.41) is 0. The van der Waals surface area contributed by atoms with Gasteiger partial charge in [0.2, 0.25) is 0 Å². The van der Waals surface area contributed by atoms with Crippen molar-refractivity contribution in [1.82, 2.24) is 0 Å². The minimum Gasteiger partial charge on any atom is -0.411 e. The zero-order valence-corrected chi connectivity index (χ0v) is 6.52. The highest BCUT2D eigenvalue weighted by Gasteiger charge is 2.23. The van der Waals surface area contributed by atoms with Crippen molar-refractivity contribution in [1.29, 1.82) is 0 Å². The van der Waals surface area contributed by atoms with Crippen LogP contribution < -0.4 is 0 Å². The molecule has 0 bridgehead atoms. The Kier molecular flexibility index (Phi) is 3.27. The number of rotatable bonds is 3. The SMILES string of the molecule is CCC[Si](O)(O)CC. The van der Waals surface area contributed by atoms with Gasteiger partial charge in [0.1, 0.15) is 0 Å². The summed E-state index contributed by atoms with van der Waals surface area (Å²) in [5.74, 6) is 0. The fourth-order valence-corrected chi connectivity index (χ4v) is 1.73. The van der Waals surface area contributed by atoms with Gasteiger partial charge in [-0.05, 0) is 12.1 Å². The maximum absolute atomic E-state index is 9.02. The van der Waals surface area contributed by atoms with Crippen LogP contribution in [-0.2, 0) is 0 Å². The molecule has 0 aliphatic rings. The van der Waals surface area contributed by atoms with E-state index in [0.29, 0.717) is 12.1 Å². The van der Waals surface area contributed by atoms with Crippen LogP contribution in [0.4, 0.5) is 0 Å². The summed E-state index contributed by atoms with van der Waals surface area (Å²) >= 11 is 0. The van der Waals surface area contributed by atoms with Crippen LogP contribution in [-0.4, -0.2) is 18.2 Å². The Morgan fingerprint density at radius 3 is 1.88 bits per heavy atom. The molecule has 0 rings (SSSR count). The molecule has 0 aliphatic carbocycles. The average molecular weight is 134 g/mol. The molecule has 0 fully saturated rings. The van der Waals surface area contributed by atoms with E-state index in [9.17, 15) is 0 Å². The molecule has 8 heavy (non-hydrogen) atoms. The van der Waals surface area contributed by atoms with Crippen LogP contribution in [0, 0.1) is 0 Å². The van der Waals surface area contributed by atoms with Crippen molar-refractivity contribution in [2.24, 2.45) is 0 Å². The molecule has 0 saturated carbocycles. The third kappa shape index (κ3) is 3.18. The predicted octanol–water partition coefficient (Wildman–Crippen LogP) is 0.843. The van der Waals surface area contributed by atoms with Crippen molar-refractivity contribution in [3.8, 4) is 0 Å². The summed E-state index contributed by atoms with van der Waals surface area (Å²) in [6, 6.07) is 1.17. The second-order valence-corrected chi connectivity index (χ2v) is 5.26. The van der Waals surface area contributed by atoms with Crippen molar-refractivity contribution in [3.63, 3.8) is 0 Å².